The fourth-order valence-electron chi connectivity index (χ4n) is 6.14. The molecule has 0 aromatic rings. The Balaban J connectivity index is 2.00. The van der Waals surface area contributed by atoms with Crippen molar-refractivity contribution in [3.8, 4) is 0 Å². The van der Waals surface area contributed by atoms with E-state index in [0.717, 1.165) is 6.42 Å². The normalized spacial score (nSPS) is 27.7. The molecule has 2 N–H and O–H groups in total. The quantitative estimate of drug-likeness (QED) is 0.359. The number of piperidine rings is 2. The van der Waals surface area contributed by atoms with E-state index < -0.39 is 0 Å². The molecule has 2 nitrogen and oxygen atoms in total. The van der Waals surface area contributed by atoms with Gasteiger partial charge in [-0.2, -0.15) is 0 Å². The first kappa shape index (κ1) is 25.9. The van der Waals surface area contributed by atoms with Crippen molar-refractivity contribution in [1.82, 2.24) is 10.6 Å². The molecule has 4 heteroatoms. The summed E-state index contributed by atoms with van der Waals surface area (Å²) >= 11 is 0. The highest BCUT2D eigenvalue weighted by Gasteiger charge is 2.47. The summed E-state index contributed by atoms with van der Waals surface area (Å²) in [4.78, 5) is 0. The van der Waals surface area contributed by atoms with E-state index in [1.54, 1.807) is 11.1 Å². The van der Waals surface area contributed by atoms with Gasteiger partial charge >= 0.3 is 0 Å². The molecule has 2 aliphatic heterocycles. The van der Waals surface area contributed by atoms with Crippen LogP contribution in [0.25, 0.3) is 0 Å². The van der Waals surface area contributed by atoms with Gasteiger partial charge in [0.05, 0.1) is 0 Å². The number of rotatable bonds is 9. The second-order valence-corrected chi connectivity index (χ2v) is 16.0. The molecule has 0 saturated carbocycles. The summed E-state index contributed by atoms with van der Waals surface area (Å²) < 4.78 is 0. The lowest BCUT2D eigenvalue weighted by molar-refractivity contribution is 0.259. The highest BCUT2D eigenvalue weighted by Crippen LogP contribution is 2.63. The fourth-order valence-corrected chi connectivity index (χ4v) is 10.9. The molecular weight excluding hydrogens is 414 g/mol. The molecule has 1 aliphatic carbocycles. The van der Waals surface area contributed by atoms with E-state index in [-0.39, 0.29) is 13.1 Å². The molecule has 0 amide bonds. The van der Waals surface area contributed by atoms with Crippen LogP contribution in [0.2, 0.25) is 0 Å². The third kappa shape index (κ3) is 5.50. The van der Waals surface area contributed by atoms with Gasteiger partial charge in [0.15, 0.2) is 0 Å². The summed E-state index contributed by atoms with van der Waals surface area (Å²) in [7, 11) is 3.33. The molecule has 3 rings (SSSR count). The highest BCUT2D eigenvalue weighted by atomic mass is 31.1. The number of nitrogens with one attached hydrogen (secondary N) is 2. The minimum atomic E-state index is -0.126. The van der Waals surface area contributed by atoms with Crippen LogP contribution < -0.4 is 10.6 Å². The molecule has 178 valence electrons. The van der Waals surface area contributed by atoms with Crippen molar-refractivity contribution in [2.24, 2.45) is 0 Å². The Hall–Kier alpha value is 0.260. The molecule has 31 heavy (non-hydrogen) atoms. The summed E-state index contributed by atoms with van der Waals surface area (Å²) in [5, 5.41) is 8.92. The van der Waals surface area contributed by atoms with Crippen molar-refractivity contribution in [1.29, 1.82) is 0 Å². The van der Waals surface area contributed by atoms with Gasteiger partial charge in [-0.25, -0.2) is 0 Å². The second-order valence-electron chi connectivity index (χ2n) is 11.5. The first-order chi connectivity index (χ1) is 14.7. The van der Waals surface area contributed by atoms with Crippen molar-refractivity contribution in [3.63, 3.8) is 0 Å². The van der Waals surface area contributed by atoms with Gasteiger partial charge in [0.2, 0.25) is 0 Å². The molecule has 2 fully saturated rings. The lowest BCUT2D eigenvalue weighted by Gasteiger charge is -2.50. The van der Waals surface area contributed by atoms with Crippen molar-refractivity contribution in [2.45, 2.75) is 127 Å². The third-order valence-electron chi connectivity index (χ3n) is 8.85. The van der Waals surface area contributed by atoms with Gasteiger partial charge in [0.1, 0.15) is 0 Å². The Labute approximate surface area is 197 Å². The summed E-state index contributed by atoms with van der Waals surface area (Å²) in [6, 6.07) is 1.16. The molecule has 0 radical (unpaired) electrons. The van der Waals surface area contributed by atoms with Crippen LogP contribution in [0.3, 0.4) is 0 Å². The van der Waals surface area contributed by atoms with Crippen LogP contribution in [0.15, 0.2) is 23.3 Å². The Kier molecular flexibility index (Phi) is 8.91. The van der Waals surface area contributed by atoms with E-state index in [4.69, 9.17) is 0 Å². The molecule has 0 aromatic carbocycles. The van der Waals surface area contributed by atoms with Gasteiger partial charge in [-0.3, -0.25) is 0 Å². The van der Waals surface area contributed by atoms with Gasteiger partial charge in [-0.15, -0.1) is 9.24 Å². The smallest absolute Gasteiger partial charge is 0.0370 e. The monoisotopic (exact) mass is 464 g/mol. The molecular formula is C27H50N2P2. The van der Waals surface area contributed by atoms with Gasteiger partial charge < -0.3 is 10.6 Å². The standard InChI is InChI=1S/C27H50N2P2/c1-7-25(3,4)31(26(5,6)8-2)20-21-14-13-15-22(21)27(30,23-16-9-11-18-28-23)24-17-10-12-19-29-24/h13-14,23-24,28-29H,7-12,15-20,30H2,1-6H3. The molecule has 2 saturated heterocycles. The molecule has 0 bridgehead atoms. The maximum Gasteiger partial charge on any atom is 0.0370 e. The SMILES string of the molecule is CCC(C)(C)P(CC1=C(C(P)(C2CCCCN2)C2CCCCN2)CC=C1)C(C)(C)CC. The summed E-state index contributed by atoms with van der Waals surface area (Å²) in [5.41, 5.74) is 3.42. The highest BCUT2D eigenvalue weighted by molar-refractivity contribution is 7.61. The van der Waals surface area contributed by atoms with Crippen LogP contribution in [0.5, 0.6) is 0 Å². The first-order valence-corrected chi connectivity index (χ1v) is 15.2. The van der Waals surface area contributed by atoms with Crippen molar-refractivity contribution < 1.29 is 0 Å². The van der Waals surface area contributed by atoms with Crippen LogP contribution in [0.1, 0.15) is 99.3 Å². The van der Waals surface area contributed by atoms with Crippen LogP contribution in [-0.2, 0) is 0 Å². The van der Waals surface area contributed by atoms with E-state index in [9.17, 15) is 0 Å². The Morgan fingerprint density at radius 1 is 0.903 bits per heavy atom. The zero-order valence-electron chi connectivity index (χ0n) is 21.3. The maximum atomic E-state index is 3.97. The molecule has 0 spiro atoms. The molecule has 3 aliphatic rings. The van der Waals surface area contributed by atoms with Gasteiger partial charge in [0, 0.05) is 17.2 Å². The lowest BCUT2D eigenvalue weighted by Crippen LogP contribution is -2.61. The van der Waals surface area contributed by atoms with Gasteiger partial charge in [-0.1, -0.05) is 74.5 Å². The Bertz CT molecular complexity index is 618. The largest absolute Gasteiger partial charge is 0.313 e. The summed E-state index contributed by atoms with van der Waals surface area (Å²) in [6.45, 7) is 17.3. The van der Waals surface area contributed by atoms with E-state index in [2.05, 4.69) is 73.6 Å². The van der Waals surface area contributed by atoms with E-state index in [1.165, 1.54) is 70.6 Å². The zero-order valence-corrected chi connectivity index (χ0v) is 23.4. The summed E-state index contributed by atoms with van der Waals surface area (Å²) in [5.74, 6) is 0. The second kappa shape index (κ2) is 10.7. The van der Waals surface area contributed by atoms with Gasteiger partial charge in [-0.05, 0) is 85.7 Å². The van der Waals surface area contributed by atoms with Crippen molar-refractivity contribution >= 4 is 17.2 Å². The first-order valence-electron chi connectivity index (χ1n) is 13.1. The van der Waals surface area contributed by atoms with Crippen molar-refractivity contribution in [2.75, 3.05) is 19.3 Å². The molecule has 3 unspecified atom stereocenters. The average Bonchev–Trinajstić information content (AvgIpc) is 3.27. The predicted molar refractivity (Wildman–Crippen MR) is 145 cm³/mol. The van der Waals surface area contributed by atoms with Crippen LogP contribution in [0, 0.1) is 0 Å². The average molecular weight is 465 g/mol. The van der Waals surface area contributed by atoms with Crippen molar-refractivity contribution in [3.05, 3.63) is 23.3 Å². The Morgan fingerprint density at radius 2 is 1.42 bits per heavy atom. The zero-order chi connectivity index (χ0) is 22.7. The topological polar surface area (TPSA) is 24.1 Å². The maximum absolute atomic E-state index is 3.97. The Morgan fingerprint density at radius 3 is 1.84 bits per heavy atom. The number of hydrogen-bond donors (Lipinski definition) is 2. The predicted octanol–water partition coefficient (Wildman–Crippen LogP) is 7.00. The molecule has 0 aromatic heterocycles. The lowest BCUT2D eigenvalue weighted by atomic mass is 9.75. The minimum absolute atomic E-state index is 0.126. The van der Waals surface area contributed by atoms with E-state index in [0.29, 0.717) is 22.4 Å². The summed E-state index contributed by atoms with van der Waals surface area (Å²) in [6.07, 6.45) is 18.0. The van der Waals surface area contributed by atoms with E-state index >= 15 is 0 Å². The molecule has 3 atom stereocenters. The van der Waals surface area contributed by atoms with Crippen LogP contribution in [0.4, 0.5) is 0 Å². The number of allylic oxidation sites excluding steroid dienone is 3. The third-order valence-corrected chi connectivity index (χ3v) is 14.2. The van der Waals surface area contributed by atoms with E-state index in [1.807, 2.05) is 0 Å². The van der Waals surface area contributed by atoms with Gasteiger partial charge in [0.25, 0.3) is 0 Å². The molecule has 2 heterocycles. The minimum Gasteiger partial charge on any atom is -0.313 e. The number of hydrogen-bond acceptors (Lipinski definition) is 2. The van der Waals surface area contributed by atoms with Crippen LogP contribution >= 0.6 is 17.2 Å². The fraction of sp³-hybridized carbons (Fsp3) is 0.852. The van der Waals surface area contributed by atoms with Crippen LogP contribution in [-0.4, -0.2) is 46.8 Å².